The molecule has 1 unspecified atom stereocenters. The summed E-state index contributed by atoms with van der Waals surface area (Å²) in [6, 6.07) is 12.0. The maximum atomic E-state index is 12.9. The topological polar surface area (TPSA) is 206 Å². The number of aryl methyl sites for hydroxylation is 1. The first kappa shape index (κ1) is 48.1. The number of benzene rings is 2. The molecule has 0 spiro atoms. The van der Waals surface area contributed by atoms with E-state index < -0.39 is 6.04 Å². The number of ether oxygens (including phenoxy) is 7. The van der Waals surface area contributed by atoms with E-state index in [1.54, 1.807) is 36.3 Å². The number of nitrogens with zero attached hydrogens (tertiary/aromatic N) is 5. The molecule has 354 valence electrons. The number of likely N-dealkylation sites (N-methyl/N-ethyl adjacent to an activating group) is 1. The molecular weight excluding hydrogens is 876 g/mol. The summed E-state index contributed by atoms with van der Waals surface area (Å²) in [4.78, 5) is 62.7. The summed E-state index contributed by atoms with van der Waals surface area (Å²) < 4.78 is 41.4. The van der Waals surface area contributed by atoms with Crippen molar-refractivity contribution in [3.05, 3.63) is 87.4 Å². The smallest absolute Gasteiger partial charge is 0.293 e. The van der Waals surface area contributed by atoms with Crippen LogP contribution in [0.2, 0.25) is 5.02 Å². The first-order chi connectivity index (χ1) is 32.1. The zero-order chi connectivity index (χ0) is 46.4. The van der Waals surface area contributed by atoms with E-state index in [4.69, 9.17) is 49.7 Å². The molecule has 0 radical (unpaired) electrons. The summed E-state index contributed by atoms with van der Waals surface area (Å²) in [5.74, 6) is 1.05. The average molecular weight is 933 g/mol. The number of hydrogen-bond acceptors (Lipinski definition) is 15. The molecule has 0 saturated carbocycles. The Kier molecular flexibility index (Phi) is 17.2. The lowest BCUT2D eigenvalue weighted by molar-refractivity contribution is -0.126. The van der Waals surface area contributed by atoms with Crippen molar-refractivity contribution in [1.82, 2.24) is 30.1 Å². The molecule has 1 atom stereocenters. The van der Waals surface area contributed by atoms with Crippen LogP contribution in [0.1, 0.15) is 41.6 Å². The van der Waals surface area contributed by atoms with Crippen LogP contribution in [0.4, 0.5) is 17.5 Å². The predicted molar refractivity (Wildman–Crippen MR) is 246 cm³/mol. The van der Waals surface area contributed by atoms with Crippen molar-refractivity contribution < 1.29 is 47.5 Å². The van der Waals surface area contributed by atoms with E-state index in [0.717, 1.165) is 23.8 Å². The number of amides is 3. The standard InChI is InChI=1S/C46H57ClN8O11/c1-30-4-8-39(43(57)50-30)55-28-32-25-35(6-7-36(32)44(55)58)65-23-21-63-19-17-61-15-14-60-16-18-62-20-22-64-34-10-12-54(13-11-34)46-49-27-37(47)42(52-46)51-33-5-9-38-31(24-33)26-40(45(59)53(38)3)66-29-41(56)48-2/h5-7,9,24-27,34,39H,1,4,8,10-23,28-29H2,2-3H3,(H,48,56)(H,50,57)(H,49,51,52). The molecule has 20 heteroatoms. The number of carbonyl (C=O) groups is 3. The van der Waals surface area contributed by atoms with Crippen LogP contribution in [0, 0.1) is 0 Å². The van der Waals surface area contributed by atoms with Crippen molar-refractivity contribution in [3.8, 4) is 11.5 Å². The molecule has 3 aliphatic rings. The SMILES string of the molecule is C=C1CCC(N2Cc3cc(OCCOCCOCCOCCOCCOC4CCN(c5ncc(Cl)c(Nc6ccc7c(c6)cc(OCC(=O)NC)c(=O)n7C)n5)CC4)ccc3C2=O)C(=O)N1. The van der Waals surface area contributed by atoms with Gasteiger partial charge in [-0.2, -0.15) is 4.98 Å². The molecule has 2 saturated heterocycles. The number of anilines is 3. The zero-order valence-electron chi connectivity index (χ0n) is 37.3. The minimum absolute atomic E-state index is 0.0709. The molecule has 4 aromatic rings. The van der Waals surface area contributed by atoms with E-state index in [2.05, 4.69) is 32.4 Å². The lowest BCUT2D eigenvalue weighted by Crippen LogP contribution is -2.49. The van der Waals surface area contributed by atoms with Gasteiger partial charge in [0, 0.05) is 56.1 Å². The highest BCUT2D eigenvalue weighted by molar-refractivity contribution is 6.33. The van der Waals surface area contributed by atoms with Gasteiger partial charge in [0.2, 0.25) is 11.9 Å². The summed E-state index contributed by atoms with van der Waals surface area (Å²) in [7, 11) is 3.15. The minimum atomic E-state index is -0.493. The number of allylic oxidation sites excluding steroid dienone is 1. The van der Waals surface area contributed by atoms with Crippen LogP contribution >= 0.6 is 11.6 Å². The van der Waals surface area contributed by atoms with Crippen molar-refractivity contribution in [2.75, 3.05) is 103 Å². The summed E-state index contributed by atoms with van der Waals surface area (Å²) >= 11 is 6.51. The molecule has 2 aromatic heterocycles. The quantitative estimate of drug-likeness (QED) is 0.0857. The van der Waals surface area contributed by atoms with E-state index in [0.29, 0.717) is 144 Å². The Morgan fingerprint density at radius 1 is 0.879 bits per heavy atom. The molecule has 3 amide bonds. The van der Waals surface area contributed by atoms with Gasteiger partial charge in [0.1, 0.15) is 23.4 Å². The van der Waals surface area contributed by atoms with Gasteiger partial charge in [-0.15, -0.1) is 0 Å². The zero-order valence-corrected chi connectivity index (χ0v) is 38.1. The Bertz CT molecular complexity index is 2410. The van der Waals surface area contributed by atoms with Crippen LogP contribution in [-0.2, 0) is 46.9 Å². The number of pyridine rings is 1. The minimum Gasteiger partial charge on any atom is -0.491 e. The highest BCUT2D eigenvalue weighted by Gasteiger charge is 2.38. The first-order valence-corrected chi connectivity index (χ1v) is 22.5. The lowest BCUT2D eigenvalue weighted by atomic mass is 10.0. The van der Waals surface area contributed by atoms with Crippen LogP contribution in [0.5, 0.6) is 11.5 Å². The molecule has 0 bridgehead atoms. The Morgan fingerprint density at radius 3 is 2.27 bits per heavy atom. The van der Waals surface area contributed by atoms with Crippen molar-refractivity contribution in [2.45, 2.75) is 44.4 Å². The van der Waals surface area contributed by atoms with Crippen molar-refractivity contribution in [3.63, 3.8) is 0 Å². The van der Waals surface area contributed by atoms with Crippen LogP contribution in [0.3, 0.4) is 0 Å². The summed E-state index contributed by atoms with van der Waals surface area (Å²) in [6.45, 7) is 9.68. The van der Waals surface area contributed by atoms with Gasteiger partial charge < -0.3 is 63.5 Å². The van der Waals surface area contributed by atoms with Crippen LogP contribution in [0.15, 0.2) is 65.7 Å². The van der Waals surface area contributed by atoms with Gasteiger partial charge in [-0.25, -0.2) is 4.98 Å². The number of carbonyl (C=O) groups excluding carboxylic acids is 3. The maximum Gasteiger partial charge on any atom is 0.293 e. The molecule has 2 aromatic carbocycles. The largest absolute Gasteiger partial charge is 0.491 e. The number of aromatic nitrogens is 3. The fourth-order valence-electron chi connectivity index (χ4n) is 7.78. The summed E-state index contributed by atoms with van der Waals surface area (Å²) in [5, 5.41) is 9.59. The molecule has 3 aliphatic heterocycles. The number of hydrogen-bond donors (Lipinski definition) is 3. The van der Waals surface area contributed by atoms with Gasteiger partial charge in [0.05, 0.1) is 77.3 Å². The fraction of sp³-hybridized carbons (Fsp3) is 0.478. The normalized spacial score (nSPS) is 16.4. The monoisotopic (exact) mass is 932 g/mol. The molecule has 7 rings (SSSR count). The predicted octanol–water partition coefficient (Wildman–Crippen LogP) is 3.73. The second-order valence-corrected chi connectivity index (χ2v) is 16.3. The Balaban J connectivity index is 0.695. The second-order valence-electron chi connectivity index (χ2n) is 15.9. The Morgan fingerprint density at radius 2 is 1.58 bits per heavy atom. The van der Waals surface area contributed by atoms with Crippen molar-refractivity contribution in [1.29, 1.82) is 0 Å². The molecule has 5 heterocycles. The third kappa shape index (κ3) is 12.7. The van der Waals surface area contributed by atoms with Crippen molar-refractivity contribution >= 4 is 57.7 Å². The van der Waals surface area contributed by atoms with Gasteiger partial charge in [-0.1, -0.05) is 18.2 Å². The second kappa shape index (κ2) is 23.6. The van der Waals surface area contributed by atoms with Gasteiger partial charge >= 0.3 is 0 Å². The Hall–Kier alpha value is -5.83. The van der Waals surface area contributed by atoms with Gasteiger partial charge in [0.15, 0.2) is 18.2 Å². The van der Waals surface area contributed by atoms with Crippen LogP contribution < -0.4 is 35.9 Å². The third-order valence-corrected chi connectivity index (χ3v) is 11.6. The molecule has 19 nitrogen and oxygen atoms in total. The average Bonchev–Trinajstić information content (AvgIpc) is 3.64. The van der Waals surface area contributed by atoms with Gasteiger partial charge in [-0.3, -0.25) is 19.2 Å². The number of nitrogens with one attached hydrogen (secondary N) is 3. The lowest BCUT2D eigenvalue weighted by Gasteiger charge is -2.32. The summed E-state index contributed by atoms with van der Waals surface area (Å²) in [5.41, 5.74) is 3.17. The van der Waals surface area contributed by atoms with E-state index in [9.17, 15) is 19.2 Å². The highest BCUT2D eigenvalue weighted by Crippen LogP contribution is 2.32. The summed E-state index contributed by atoms with van der Waals surface area (Å²) in [6.07, 6.45) is 4.52. The van der Waals surface area contributed by atoms with Crippen LogP contribution in [-0.4, -0.2) is 142 Å². The maximum absolute atomic E-state index is 12.9. The van der Waals surface area contributed by atoms with E-state index >= 15 is 0 Å². The Labute approximate surface area is 387 Å². The van der Waals surface area contributed by atoms with Crippen molar-refractivity contribution in [2.24, 2.45) is 7.05 Å². The third-order valence-electron chi connectivity index (χ3n) is 11.3. The van der Waals surface area contributed by atoms with Gasteiger partial charge in [0.25, 0.3) is 17.4 Å². The number of rotatable bonds is 24. The number of piperidine rings is 2. The molecule has 2 fully saturated rings. The fourth-order valence-corrected chi connectivity index (χ4v) is 7.92. The number of fused-ring (bicyclic) bond motifs is 2. The highest BCUT2D eigenvalue weighted by atomic mass is 35.5. The first-order valence-electron chi connectivity index (χ1n) is 22.1. The van der Waals surface area contributed by atoms with E-state index in [-0.39, 0.29) is 41.7 Å². The molecule has 66 heavy (non-hydrogen) atoms. The van der Waals surface area contributed by atoms with E-state index in [1.807, 2.05) is 24.3 Å². The van der Waals surface area contributed by atoms with Gasteiger partial charge in [-0.05, 0) is 73.7 Å². The number of halogens is 1. The molecular formula is C46H57ClN8O11. The van der Waals surface area contributed by atoms with Crippen LogP contribution in [0.25, 0.3) is 10.9 Å². The molecule has 0 aliphatic carbocycles. The van der Waals surface area contributed by atoms with E-state index in [1.165, 1.54) is 11.6 Å². The molecule has 3 N–H and O–H groups in total.